The lowest BCUT2D eigenvalue weighted by Gasteiger charge is -2.12. The number of allylic oxidation sites excluding steroid dienone is 2. The number of nitrogens with two attached hydrogens (primary N) is 1. The number of ether oxygens (including phenoxy) is 1. The first-order chi connectivity index (χ1) is 9.79. The lowest BCUT2D eigenvalue weighted by atomic mass is 10.2. The van der Waals surface area contributed by atoms with Gasteiger partial charge in [0.1, 0.15) is 0 Å². The van der Waals surface area contributed by atoms with Gasteiger partial charge in [-0.3, -0.25) is 4.79 Å². The van der Waals surface area contributed by atoms with Crippen molar-refractivity contribution < 1.29 is 9.53 Å². The van der Waals surface area contributed by atoms with Crippen molar-refractivity contribution in [3.63, 3.8) is 0 Å². The molecule has 0 saturated carbocycles. The van der Waals surface area contributed by atoms with Gasteiger partial charge in [0.2, 0.25) is 0 Å². The predicted molar refractivity (Wildman–Crippen MR) is 88.5 cm³/mol. The van der Waals surface area contributed by atoms with Crippen LogP contribution in [-0.2, 0) is 9.53 Å². The first-order valence-corrected chi connectivity index (χ1v) is 8.15. The molecule has 0 radical (unpaired) electrons. The van der Waals surface area contributed by atoms with Gasteiger partial charge in [-0.25, -0.2) is 4.98 Å². The van der Waals surface area contributed by atoms with Crippen LogP contribution in [0.3, 0.4) is 0 Å². The Labute approximate surface area is 129 Å². The quantitative estimate of drug-likeness (QED) is 0.862. The van der Waals surface area contributed by atoms with Crippen molar-refractivity contribution in [3.8, 4) is 0 Å². The van der Waals surface area contributed by atoms with Crippen LogP contribution in [0.2, 0.25) is 0 Å². The highest BCUT2D eigenvalue weighted by Crippen LogP contribution is 2.38. The van der Waals surface area contributed by atoms with E-state index in [0.717, 1.165) is 21.9 Å². The second kappa shape index (κ2) is 11.7. The molecule has 112 valence electrons. The second-order valence-corrected chi connectivity index (χ2v) is 5.09. The number of esters is 1. The third kappa shape index (κ3) is 6.36. The Bertz CT molecular complexity index is 440. The van der Waals surface area contributed by atoms with E-state index in [1.807, 2.05) is 24.7 Å². The van der Waals surface area contributed by atoms with Crippen LogP contribution >= 0.6 is 23.1 Å². The minimum absolute atomic E-state index is 0.196. The van der Waals surface area contributed by atoms with Crippen molar-refractivity contribution in [1.29, 1.82) is 0 Å². The molecule has 1 aromatic heterocycles. The maximum absolute atomic E-state index is 11.2. The first-order valence-electron chi connectivity index (χ1n) is 6.39. The number of hydrogen-bond acceptors (Lipinski definition) is 6. The third-order valence-electron chi connectivity index (χ3n) is 2.12. The molecule has 2 rings (SSSR count). The summed E-state index contributed by atoms with van der Waals surface area (Å²) < 4.78 is 4.65. The van der Waals surface area contributed by atoms with Gasteiger partial charge in [0.05, 0.1) is 24.7 Å². The number of thioether (sulfide) groups is 1. The van der Waals surface area contributed by atoms with Crippen molar-refractivity contribution in [2.45, 2.75) is 26.7 Å². The Balaban J connectivity index is 0.000000829. The molecule has 0 saturated heterocycles. The fraction of sp³-hybridized carbons (Fsp3) is 0.429. The SMILES string of the molecule is CC.CN.COC(=O)CC1=CCC=C(c2cscn2)S1. The van der Waals surface area contributed by atoms with E-state index in [1.54, 1.807) is 23.1 Å². The number of hydrogen-bond donors (Lipinski definition) is 1. The summed E-state index contributed by atoms with van der Waals surface area (Å²) in [6.45, 7) is 4.00. The van der Waals surface area contributed by atoms with Crippen LogP contribution in [-0.4, -0.2) is 25.1 Å². The van der Waals surface area contributed by atoms with E-state index in [4.69, 9.17) is 0 Å². The van der Waals surface area contributed by atoms with Crippen LogP contribution < -0.4 is 5.73 Å². The van der Waals surface area contributed by atoms with Crippen molar-refractivity contribution >= 4 is 34.0 Å². The van der Waals surface area contributed by atoms with Crippen LogP contribution in [0.5, 0.6) is 0 Å². The summed E-state index contributed by atoms with van der Waals surface area (Å²) >= 11 is 3.17. The van der Waals surface area contributed by atoms with Gasteiger partial charge in [0.15, 0.2) is 0 Å². The fourth-order valence-electron chi connectivity index (χ4n) is 1.34. The summed E-state index contributed by atoms with van der Waals surface area (Å²) in [7, 11) is 2.91. The highest BCUT2D eigenvalue weighted by atomic mass is 32.2. The van der Waals surface area contributed by atoms with E-state index in [0.29, 0.717) is 6.42 Å². The second-order valence-electron chi connectivity index (χ2n) is 3.20. The molecule has 1 aliphatic rings. The highest BCUT2D eigenvalue weighted by molar-refractivity contribution is 8.11. The lowest BCUT2D eigenvalue weighted by molar-refractivity contribution is -0.139. The zero-order chi connectivity index (χ0) is 15.4. The van der Waals surface area contributed by atoms with Crippen LogP contribution in [0.4, 0.5) is 0 Å². The summed E-state index contributed by atoms with van der Waals surface area (Å²) in [4.78, 5) is 17.6. The Morgan fingerprint density at radius 2 is 2.10 bits per heavy atom. The zero-order valence-electron chi connectivity index (χ0n) is 12.4. The van der Waals surface area contributed by atoms with E-state index in [9.17, 15) is 4.79 Å². The summed E-state index contributed by atoms with van der Waals surface area (Å²) in [5.74, 6) is -0.196. The molecular weight excluding hydrogens is 292 g/mol. The number of nitrogens with zero attached hydrogens (tertiary/aromatic N) is 1. The molecule has 0 aliphatic carbocycles. The fourth-order valence-corrected chi connectivity index (χ4v) is 3.01. The van der Waals surface area contributed by atoms with Gasteiger partial charge in [-0.15, -0.1) is 11.3 Å². The van der Waals surface area contributed by atoms with E-state index in [1.165, 1.54) is 14.2 Å². The molecule has 0 atom stereocenters. The van der Waals surface area contributed by atoms with Gasteiger partial charge in [0.25, 0.3) is 0 Å². The molecular formula is C14H22N2O2S2. The zero-order valence-corrected chi connectivity index (χ0v) is 14.0. The molecule has 1 aromatic rings. The summed E-state index contributed by atoms with van der Waals surface area (Å²) in [6.07, 6.45) is 5.38. The van der Waals surface area contributed by atoms with Crippen molar-refractivity contribution in [2.75, 3.05) is 14.2 Å². The molecule has 1 aliphatic heterocycles. The van der Waals surface area contributed by atoms with Gasteiger partial charge < -0.3 is 10.5 Å². The summed E-state index contributed by atoms with van der Waals surface area (Å²) in [5.41, 5.74) is 7.31. The highest BCUT2D eigenvalue weighted by Gasteiger charge is 2.14. The van der Waals surface area contributed by atoms with Crippen molar-refractivity contribution in [2.24, 2.45) is 5.73 Å². The topological polar surface area (TPSA) is 65.2 Å². The molecule has 0 fully saturated rings. The number of carbonyl (C=O) groups is 1. The molecule has 0 spiro atoms. The number of methoxy groups -OCH3 is 1. The summed E-state index contributed by atoms with van der Waals surface area (Å²) in [5, 5.41) is 2.01. The largest absolute Gasteiger partial charge is 0.469 e. The average Bonchev–Trinajstić information content (AvgIpc) is 3.06. The minimum Gasteiger partial charge on any atom is -0.469 e. The standard InChI is InChI=1S/C11H11NO2S2.C2H6.CH5N/c1-14-11(13)5-8-3-2-4-10(16-8)9-6-15-7-12-9;2*1-2/h3-4,6-7H,2,5H2,1H3;1-2H3;2H2,1H3. The van der Waals surface area contributed by atoms with Crippen LogP contribution in [0.25, 0.3) is 4.91 Å². The maximum Gasteiger partial charge on any atom is 0.310 e. The number of rotatable bonds is 3. The third-order valence-corrected chi connectivity index (χ3v) is 3.88. The van der Waals surface area contributed by atoms with Gasteiger partial charge in [-0.2, -0.15) is 0 Å². The van der Waals surface area contributed by atoms with Crippen LogP contribution in [0, 0.1) is 0 Å². The van der Waals surface area contributed by atoms with E-state index >= 15 is 0 Å². The molecule has 0 amide bonds. The molecule has 2 N–H and O–H groups in total. The molecule has 0 bridgehead atoms. The van der Waals surface area contributed by atoms with Crippen LogP contribution in [0.15, 0.2) is 27.9 Å². The monoisotopic (exact) mass is 314 g/mol. The Hall–Kier alpha value is -1.11. The smallest absolute Gasteiger partial charge is 0.310 e. The Morgan fingerprint density at radius 3 is 2.65 bits per heavy atom. The van der Waals surface area contributed by atoms with Gasteiger partial charge in [0, 0.05) is 10.3 Å². The molecule has 0 unspecified atom stereocenters. The van der Waals surface area contributed by atoms with E-state index in [2.05, 4.69) is 27.6 Å². The number of thiazole rings is 1. The number of carbonyl (C=O) groups excluding carboxylic acids is 1. The Kier molecular flexibility index (Phi) is 11.0. The van der Waals surface area contributed by atoms with Gasteiger partial charge in [-0.05, 0) is 18.4 Å². The number of aromatic nitrogens is 1. The average molecular weight is 314 g/mol. The lowest BCUT2D eigenvalue weighted by Crippen LogP contribution is -2.01. The van der Waals surface area contributed by atoms with Crippen LogP contribution in [0.1, 0.15) is 32.4 Å². The van der Waals surface area contributed by atoms with E-state index in [-0.39, 0.29) is 5.97 Å². The molecule has 2 heterocycles. The first kappa shape index (κ1) is 18.9. The van der Waals surface area contributed by atoms with Gasteiger partial charge in [-0.1, -0.05) is 37.8 Å². The molecule has 20 heavy (non-hydrogen) atoms. The summed E-state index contributed by atoms with van der Waals surface area (Å²) in [6, 6.07) is 0. The molecule has 6 heteroatoms. The molecule has 0 aromatic carbocycles. The molecule has 4 nitrogen and oxygen atoms in total. The van der Waals surface area contributed by atoms with Crippen molar-refractivity contribution in [1.82, 2.24) is 4.98 Å². The predicted octanol–water partition coefficient (Wildman–Crippen LogP) is 3.67. The van der Waals surface area contributed by atoms with Gasteiger partial charge >= 0.3 is 5.97 Å². The minimum atomic E-state index is -0.196. The van der Waals surface area contributed by atoms with Crippen molar-refractivity contribution in [3.05, 3.63) is 33.6 Å². The Morgan fingerprint density at radius 1 is 1.40 bits per heavy atom. The van der Waals surface area contributed by atoms with E-state index < -0.39 is 0 Å². The normalized spacial score (nSPS) is 12.8. The maximum atomic E-state index is 11.2.